The van der Waals surface area contributed by atoms with E-state index in [1.807, 2.05) is 0 Å². The van der Waals surface area contributed by atoms with Gasteiger partial charge in [-0.25, -0.2) is 4.79 Å². The minimum Gasteiger partial charge on any atom is -0.478 e. The highest BCUT2D eigenvalue weighted by molar-refractivity contribution is 5.98. The first-order valence-electron chi connectivity index (χ1n) is 2.72. The van der Waals surface area contributed by atoms with Crippen molar-refractivity contribution in [1.82, 2.24) is 0 Å². The van der Waals surface area contributed by atoms with Gasteiger partial charge in [-0.15, -0.1) is 0 Å². The molecule has 0 aromatic heterocycles. The first kappa shape index (κ1) is 12.1. The highest BCUT2D eigenvalue weighted by Gasteiger charge is 1.75. The van der Waals surface area contributed by atoms with Crippen molar-refractivity contribution in [2.24, 2.45) is 0 Å². The molecule has 0 atom stereocenters. The summed E-state index contributed by atoms with van der Waals surface area (Å²) >= 11 is 0. The standard InChI is InChI=1S/C5H6O.C3H4O2/c1-3-5(6)4-2;1-2-3(4)5/h3-4H,1-2H2;2H,1H2,(H,4,5). The lowest BCUT2D eigenvalue weighted by Crippen LogP contribution is -1.82. The topological polar surface area (TPSA) is 54.4 Å². The molecule has 0 radical (unpaired) electrons. The summed E-state index contributed by atoms with van der Waals surface area (Å²) in [5, 5.41) is 7.60. The van der Waals surface area contributed by atoms with Gasteiger partial charge in [-0.3, -0.25) is 4.79 Å². The Morgan fingerprint density at radius 2 is 1.27 bits per heavy atom. The molecule has 0 saturated heterocycles. The van der Waals surface area contributed by atoms with Gasteiger partial charge in [0, 0.05) is 6.08 Å². The van der Waals surface area contributed by atoms with E-state index in [-0.39, 0.29) is 5.78 Å². The minimum atomic E-state index is -0.981. The molecule has 0 saturated carbocycles. The average molecular weight is 154 g/mol. The molecule has 0 heterocycles. The van der Waals surface area contributed by atoms with Gasteiger partial charge in [-0.05, 0) is 12.2 Å². The normalized spacial score (nSPS) is 6.55. The average Bonchev–Trinajstić information content (AvgIpc) is 2.04. The summed E-state index contributed by atoms with van der Waals surface area (Å²) in [6.45, 7) is 9.38. The van der Waals surface area contributed by atoms with Crippen LogP contribution in [0.3, 0.4) is 0 Å². The van der Waals surface area contributed by atoms with E-state index in [1.165, 1.54) is 12.2 Å². The molecule has 0 aromatic carbocycles. The molecule has 0 fully saturated rings. The highest BCUT2D eigenvalue weighted by atomic mass is 16.4. The van der Waals surface area contributed by atoms with Gasteiger partial charge in [0.2, 0.25) is 0 Å². The molecular formula is C8H10O3. The van der Waals surface area contributed by atoms with Gasteiger partial charge in [0.05, 0.1) is 0 Å². The predicted octanol–water partition coefficient (Wildman–Crippen LogP) is 1.18. The zero-order chi connectivity index (χ0) is 9.28. The Morgan fingerprint density at radius 1 is 1.00 bits per heavy atom. The molecule has 0 aromatic rings. The largest absolute Gasteiger partial charge is 0.478 e. The highest BCUT2D eigenvalue weighted by Crippen LogP contribution is 1.68. The summed E-state index contributed by atoms with van der Waals surface area (Å²) in [7, 11) is 0. The maximum atomic E-state index is 9.94. The van der Waals surface area contributed by atoms with Crippen LogP contribution in [0.15, 0.2) is 38.0 Å². The second-order valence-electron chi connectivity index (χ2n) is 1.35. The molecule has 1 N–H and O–H groups in total. The minimum absolute atomic E-state index is 0.130. The fraction of sp³-hybridized carbons (Fsp3) is 0. The number of hydrogen-bond acceptors (Lipinski definition) is 2. The van der Waals surface area contributed by atoms with Crippen molar-refractivity contribution in [3.63, 3.8) is 0 Å². The van der Waals surface area contributed by atoms with Crippen molar-refractivity contribution in [2.75, 3.05) is 0 Å². The Bertz CT molecular complexity index is 170. The van der Waals surface area contributed by atoms with Gasteiger partial charge in [0.25, 0.3) is 0 Å². The maximum absolute atomic E-state index is 9.94. The lowest BCUT2D eigenvalue weighted by atomic mass is 10.4. The Balaban J connectivity index is 0. The number of allylic oxidation sites excluding steroid dienone is 2. The Hall–Kier alpha value is -1.64. The number of carbonyl (C=O) groups is 2. The number of carboxylic acids is 1. The van der Waals surface area contributed by atoms with Crippen molar-refractivity contribution in [1.29, 1.82) is 0 Å². The Kier molecular flexibility index (Phi) is 9.18. The van der Waals surface area contributed by atoms with Crippen LogP contribution in [0.25, 0.3) is 0 Å². The molecule has 3 nitrogen and oxygen atoms in total. The SMILES string of the molecule is C=CC(=O)C=C.C=CC(=O)O. The van der Waals surface area contributed by atoms with Gasteiger partial charge in [0.1, 0.15) is 0 Å². The van der Waals surface area contributed by atoms with Crippen LogP contribution < -0.4 is 0 Å². The van der Waals surface area contributed by atoms with Crippen LogP contribution in [-0.4, -0.2) is 16.9 Å². The predicted molar refractivity (Wildman–Crippen MR) is 43.2 cm³/mol. The zero-order valence-electron chi connectivity index (χ0n) is 6.12. The van der Waals surface area contributed by atoms with Crippen LogP contribution >= 0.6 is 0 Å². The first-order valence-corrected chi connectivity index (χ1v) is 2.72. The third-order valence-electron chi connectivity index (χ3n) is 0.577. The number of carbonyl (C=O) groups excluding carboxylic acids is 1. The van der Waals surface area contributed by atoms with Crippen LogP contribution in [0.4, 0.5) is 0 Å². The molecule has 0 amide bonds. The number of hydrogen-bond donors (Lipinski definition) is 1. The molecule has 0 aliphatic heterocycles. The van der Waals surface area contributed by atoms with Crippen molar-refractivity contribution < 1.29 is 14.7 Å². The zero-order valence-corrected chi connectivity index (χ0v) is 6.12. The Labute approximate surface area is 65.3 Å². The summed E-state index contributed by atoms with van der Waals surface area (Å²) in [5.41, 5.74) is 0. The van der Waals surface area contributed by atoms with E-state index in [0.717, 1.165) is 6.08 Å². The van der Waals surface area contributed by atoms with E-state index in [4.69, 9.17) is 5.11 Å². The summed E-state index contributed by atoms with van der Waals surface area (Å²) in [4.78, 5) is 19.2. The lowest BCUT2D eigenvalue weighted by molar-refractivity contribution is -0.131. The third-order valence-corrected chi connectivity index (χ3v) is 0.577. The first-order chi connectivity index (χ1) is 5.08. The molecule has 0 bridgehead atoms. The molecule has 60 valence electrons. The van der Waals surface area contributed by atoms with Crippen LogP contribution in [0, 0.1) is 0 Å². The van der Waals surface area contributed by atoms with Gasteiger partial charge < -0.3 is 5.11 Å². The number of carboxylic acid groups (broad SMARTS) is 1. The summed E-state index contributed by atoms with van der Waals surface area (Å²) < 4.78 is 0. The molecule has 0 unspecified atom stereocenters. The van der Waals surface area contributed by atoms with Gasteiger partial charge in [0.15, 0.2) is 5.78 Å². The molecular weight excluding hydrogens is 144 g/mol. The second kappa shape index (κ2) is 8.36. The summed E-state index contributed by atoms with van der Waals surface area (Å²) in [6.07, 6.45) is 3.26. The second-order valence-corrected chi connectivity index (χ2v) is 1.35. The quantitative estimate of drug-likeness (QED) is 0.621. The molecule has 0 aliphatic carbocycles. The van der Waals surface area contributed by atoms with Gasteiger partial charge in [-0.1, -0.05) is 19.7 Å². The van der Waals surface area contributed by atoms with Gasteiger partial charge >= 0.3 is 5.97 Å². The third kappa shape index (κ3) is 17.8. The molecule has 3 heteroatoms. The van der Waals surface area contributed by atoms with Crippen molar-refractivity contribution >= 4 is 11.8 Å². The number of rotatable bonds is 3. The van der Waals surface area contributed by atoms with Crippen molar-refractivity contribution in [3.05, 3.63) is 38.0 Å². The van der Waals surface area contributed by atoms with Crippen molar-refractivity contribution in [3.8, 4) is 0 Å². The number of aliphatic carboxylic acids is 1. The fourth-order valence-corrected chi connectivity index (χ4v) is 0.0833. The van der Waals surface area contributed by atoms with E-state index < -0.39 is 5.97 Å². The van der Waals surface area contributed by atoms with E-state index in [0.29, 0.717) is 0 Å². The van der Waals surface area contributed by atoms with Crippen molar-refractivity contribution in [2.45, 2.75) is 0 Å². The lowest BCUT2D eigenvalue weighted by Gasteiger charge is -1.68. The van der Waals surface area contributed by atoms with E-state index in [2.05, 4.69) is 19.7 Å². The maximum Gasteiger partial charge on any atom is 0.327 e. The molecule has 0 spiro atoms. The van der Waals surface area contributed by atoms with E-state index in [9.17, 15) is 9.59 Å². The summed E-state index contributed by atoms with van der Waals surface area (Å²) in [5.74, 6) is -1.11. The molecule has 0 aliphatic rings. The smallest absolute Gasteiger partial charge is 0.327 e. The van der Waals surface area contributed by atoms with Crippen LogP contribution in [-0.2, 0) is 9.59 Å². The Morgan fingerprint density at radius 3 is 1.27 bits per heavy atom. The van der Waals surface area contributed by atoms with Crippen LogP contribution in [0.2, 0.25) is 0 Å². The molecule has 0 rings (SSSR count). The molecule has 11 heavy (non-hydrogen) atoms. The monoisotopic (exact) mass is 154 g/mol. The van der Waals surface area contributed by atoms with E-state index >= 15 is 0 Å². The number of ketones is 1. The summed E-state index contributed by atoms with van der Waals surface area (Å²) in [6, 6.07) is 0. The van der Waals surface area contributed by atoms with E-state index in [1.54, 1.807) is 0 Å². The van der Waals surface area contributed by atoms with Gasteiger partial charge in [-0.2, -0.15) is 0 Å². The van der Waals surface area contributed by atoms with Crippen LogP contribution in [0.1, 0.15) is 0 Å². The fourth-order valence-electron chi connectivity index (χ4n) is 0.0833. The van der Waals surface area contributed by atoms with Crippen LogP contribution in [0.5, 0.6) is 0 Å².